The summed E-state index contributed by atoms with van der Waals surface area (Å²) in [5.74, 6) is -0.965. The van der Waals surface area contributed by atoms with Gasteiger partial charge in [-0.05, 0) is 37.6 Å². The third-order valence-corrected chi connectivity index (χ3v) is 4.80. The Labute approximate surface area is 145 Å². The minimum atomic E-state index is -3.89. The van der Waals surface area contributed by atoms with E-state index in [0.717, 1.165) is 17.8 Å². The highest BCUT2D eigenvalue weighted by atomic mass is 32.2. The number of nitrogens with zero attached hydrogens (tertiary/aromatic N) is 2. The van der Waals surface area contributed by atoms with E-state index in [1.807, 2.05) is 0 Å². The molecular weight excluding hydrogens is 347 g/mol. The molecule has 0 spiro atoms. The fourth-order valence-electron chi connectivity index (χ4n) is 2.15. The molecule has 0 aliphatic rings. The highest BCUT2D eigenvalue weighted by Crippen LogP contribution is 2.13. The van der Waals surface area contributed by atoms with Crippen LogP contribution < -0.4 is 10.0 Å². The zero-order valence-corrected chi connectivity index (χ0v) is 14.7. The first kappa shape index (κ1) is 18.9. The zero-order chi connectivity index (χ0) is 18.4. The van der Waals surface area contributed by atoms with Crippen LogP contribution in [0, 0.1) is 12.7 Å². The molecule has 1 heterocycles. The van der Waals surface area contributed by atoms with E-state index in [2.05, 4.69) is 20.0 Å². The summed E-state index contributed by atoms with van der Waals surface area (Å²) in [6.45, 7) is 2.84. The quantitative estimate of drug-likeness (QED) is 0.760. The van der Waals surface area contributed by atoms with Crippen LogP contribution in [0.25, 0.3) is 0 Å². The number of carbonyl (C=O) groups is 1. The molecule has 0 aliphatic carbocycles. The molecule has 0 saturated heterocycles. The molecule has 1 amide bonds. The van der Waals surface area contributed by atoms with Gasteiger partial charge in [-0.25, -0.2) is 17.5 Å². The molecule has 0 radical (unpaired) electrons. The standard InChI is InChI=1S/C16H19FN4O3S/c1-11-7-14(3-4-15(11)17)25(23,24)20-10-16(22)21-12(2)8-13-9-18-5-6-19-13/h3-7,9,12,20H,8,10H2,1-2H3,(H,21,22). The van der Waals surface area contributed by atoms with Gasteiger partial charge in [-0.3, -0.25) is 14.8 Å². The van der Waals surface area contributed by atoms with Crippen molar-refractivity contribution in [3.63, 3.8) is 0 Å². The molecule has 1 atom stereocenters. The summed E-state index contributed by atoms with van der Waals surface area (Å²) < 4.78 is 39.7. The van der Waals surface area contributed by atoms with Gasteiger partial charge in [0.15, 0.2) is 0 Å². The van der Waals surface area contributed by atoms with E-state index < -0.39 is 28.3 Å². The normalized spacial score (nSPS) is 12.6. The van der Waals surface area contributed by atoms with Crippen molar-refractivity contribution in [1.82, 2.24) is 20.0 Å². The SMILES string of the molecule is Cc1cc(S(=O)(=O)NCC(=O)NC(C)Cc2cnccn2)ccc1F. The van der Waals surface area contributed by atoms with Crippen LogP contribution in [-0.4, -0.2) is 36.9 Å². The summed E-state index contributed by atoms with van der Waals surface area (Å²) >= 11 is 0. The second-order valence-corrected chi connectivity index (χ2v) is 7.37. The Morgan fingerprint density at radius 1 is 1.32 bits per heavy atom. The van der Waals surface area contributed by atoms with E-state index in [-0.39, 0.29) is 16.5 Å². The average Bonchev–Trinajstić information content (AvgIpc) is 2.56. The second kappa shape index (κ2) is 8.13. The molecule has 1 aromatic heterocycles. The number of halogens is 1. The number of hydrogen-bond acceptors (Lipinski definition) is 5. The second-order valence-electron chi connectivity index (χ2n) is 5.60. The molecule has 1 unspecified atom stereocenters. The van der Waals surface area contributed by atoms with Crippen LogP contribution in [0.4, 0.5) is 4.39 Å². The molecule has 0 fully saturated rings. The Bertz CT molecular complexity index is 844. The van der Waals surface area contributed by atoms with Crippen molar-refractivity contribution in [3.05, 3.63) is 53.9 Å². The largest absolute Gasteiger partial charge is 0.352 e. The van der Waals surface area contributed by atoms with Crippen LogP contribution in [0.15, 0.2) is 41.7 Å². The number of benzene rings is 1. The highest BCUT2D eigenvalue weighted by Gasteiger charge is 2.17. The van der Waals surface area contributed by atoms with Gasteiger partial charge in [0.05, 0.1) is 17.1 Å². The lowest BCUT2D eigenvalue weighted by Gasteiger charge is -2.14. The third kappa shape index (κ3) is 5.57. The summed E-state index contributed by atoms with van der Waals surface area (Å²) in [6.07, 6.45) is 5.19. The van der Waals surface area contributed by atoms with Crippen molar-refractivity contribution in [3.8, 4) is 0 Å². The van der Waals surface area contributed by atoms with Gasteiger partial charge in [-0.15, -0.1) is 0 Å². The van der Waals surface area contributed by atoms with E-state index in [9.17, 15) is 17.6 Å². The van der Waals surface area contributed by atoms with Crippen LogP contribution in [0.5, 0.6) is 0 Å². The third-order valence-electron chi connectivity index (χ3n) is 3.40. The molecule has 2 rings (SSSR count). The number of aryl methyl sites for hydroxylation is 1. The maximum Gasteiger partial charge on any atom is 0.241 e. The lowest BCUT2D eigenvalue weighted by molar-refractivity contribution is -0.120. The molecule has 9 heteroatoms. The summed E-state index contributed by atoms with van der Waals surface area (Å²) in [5.41, 5.74) is 0.933. The Morgan fingerprint density at radius 2 is 2.08 bits per heavy atom. The predicted octanol–water partition coefficient (Wildman–Crippen LogP) is 0.950. The van der Waals surface area contributed by atoms with Crippen molar-refractivity contribution in [2.24, 2.45) is 0 Å². The van der Waals surface area contributed by atoms with Gasteiger partial charge in [0.2, 0.25) is 15.9 Å². The Morgan fingerprint density at radius 3 is 2.72 bits per heavy atom. The molecule has 2 aromatic rings. The Kier molecular flexibility index (Phi) is 6.16. The number of sulfonamides is 1. The number of aromatic nitrogens is 2. The van der Waals surface area contributed by atoms with Gasteiger partial charge >= 0.3 is 0 Å². The van der Waals surface area contributed by atoms with Gasteiger partial charge in [-0.1, -0.05) is 0 Å². The van der Waals surface area contributed by atoms with Crippen LogP contribution in [0.2, 0.25) is 0 Å². The Hall–Kier alpha value is -2.39. The van der Waals surface area contributed by atoms with Gasteiger partial charge in [0.25, 0.3) is 0 Å². The molecule has 2 N–H and O–H groups in total. The molecule has 0 bridgehead atoms. The number of carbonyl (C=O) groups excluding carboxylic acids is 1. The molecule has 1 aromatic carbocycles. The van der Waals surface area contributed by atoms with Crippen molar-refractivity contribution in [1.29, 1.82) is 0 Å². The van der Waals surface area contributed by atoms with Crippen LogP contribution in [-0.2, 0) is 21.2 Å². The van der Waals surface area contributed by atoms with E-state index in [4.69, 9.17) is 0 Å². The predicted molar refractivity (Wildman–Crippen MR) is 89.7 cm³/mol. The topological polar surface area (TPSA) is 101 Å². The van der Waals surface area contributed by atoms with E-state index >= 15 is 0 Å². The summed E-state index contributed by atoms with van der Waals surface area (Å²) in [4.78, 5) is 19.9. The lowest BCUT2D eigenvalue weighted by Crippen LogP contribution is -2.41. The summed E-state index contributed by atoms with van der Waals surface area (Å²) in [5, 5.41) is 2.68. The van der Waals surface area contributed by atoms with Crippen molar-refractivity contribution < 1.29 is 17.6 Å². The summed E-state index contributed by atoms with van der Waals surface area (Å²) in [6, 6.07) is 3.21. The smallest absolute Gasteiger partial charge is 0.241 e. The van der Waals surface area contributed by atoms with Gasteiger partial charge in [0.1, 0.15) is 5.82 Å². The fourth-order valence-corrected chi connectivity index (χ4v) is 3.22. The highest BCUT2D eigenvalue weighted by molar-refractivity contribution is 7.89. The first-order valence-corrected chi connectivity index (χ1v) is 9.06. The molecule has 7 nitrogen and oxygen atoms in total. The van der Waals surface area contributed by atoms with Crippen LogP contribution in [0.1, 0.15) is 18.2 Å². The minimum Gasteiger partial charge on any atom is -0.352 e. The number of rotatable bonds is 7. The number of nitrogens with one attached hydrogen (secondary N) is 2. The van der Waals surface area contributed by atoms with Gasteiger partial charge in [0, 0.05) is 31.1 Å². The number of hydrogen-bond donors (Lipinski definition) is 2. The van der Waals surface area contributed by atoms with Crippen LogP contribution in [0.3, 0.4) is 0 Å². The van der Waals surface area contributed by atoms with Gasteiger partial charge < -0.3 is 5.32 Å². The van der Waals surface area contributed by atoms with Gasteiger partial charge in [-0.2, -0.15) is 0 Å². The lowest BCUT2D eigenvalue weighted by atomic mass is 10.2. The maximum absolute atomic E-state index is 13.2. The fraction of sp³-hybridized carbons (Fsp3) is 0.312. The maximum atomic E-state index is 13.2. The zero-order valence-electron chi connectivity index (χ0n) is 13.9. The molecular formula is C16H19FN4O3S. The first-order valence-electron chi connectivity index (χ1n) is 7.58. The molecule has 0 aliphatic heterocycles. The van der Waals surface area contributed by atoms with Crippen LogP contribution >= 0.6 is 0 Å². The monoisotopic (exact) mass is 366 g/mol. The molecule has 0 saturated carbocycles. The minimum absolute atomic E-state index is 0.0909. The van der Waals surface area contributed by atoms with Crippen molar-refractivity contribution in [2.75, 3.05) is 6.54 Å². The Balaban J connectivity index is 1.89. The molecule has 25 heavy (non-hydrogen) atoms. The number of amides is 1. The average molecular weight is 366 g/mol. The van der Waals surface area contributed by atoms with E-state index in [0.29, 0.717) is 6.42 Å². The first-order chi connectivity index (χ1) is 11.8. The van der Waals surface area contributed by atoms with Crippen molar-refractivity contribution >= 4 is 15.9 Å². The van der Waals surface area contributed by atoms with E-state index in [1.165, 1.54) is 13.0 Å². The van der Waals surface area contributed by atoms with Crippen molar-refractivity contribution in [2.45, 2.75) is 31.2 Å². The van der Waals surface area contributed by atoms with E-state index in [1.54, 1.807) is 25.5 Å². The summed E-state index contributed by atoms with van der Waals surface area (Å²) in [7, 11) is -3.89. The molecule has 134 valence electrons.